The summed E-state index contributed by atoms with van der Waals surface area (Å²) < 4.78 is 12.8. The monoisotopic (exact) mass is 422 g/mol. The van der Waals surface area contributed by atoms with E-state index in [0.717, 1.165) is 34.3 Å². The number of hydrogen-bond acceptors (Lipinski definition) is 6. The van der Waals surface area contributed by atoms with Crippen LogP contribution in [-0.4, -0.2) is 26.4 Å². The van der Waals surface area contributed by atoms with Gasteiger partial charge in [0.15, 0.2) is 10.9 Å². The molecule has 0 fully saturated rings. The first-order valence-electron chi connectivity index (χ1n) is 9.69. The molecule has 0 aliphatic rings. The molecule has 7 nitrogen and oxygen atoms in total. The second-order valence-corrected chi connectivity index (χ2v) is 7.83. The van der Waals surface area contributed by atoms with Gasteiger partial charge in [-0.1, -0.05) is 23.9 Å². The Labute approximate surface area is 178 Å². The Balaban J connectivity index is 1.40. The van der Waals surface area contributed by atoms with Crippen molar-refractivity contribution in [1.82, 2.24) is 20.1 Å². The Morgan fingerprint density at radius 3 is 2.73 bits per heavy atom. The largest absolute Gasteiger partial charge is 0.467 e. The van der Waals surface area contributed by atoms with Gasteiger partial charge in [0.1, 0.15) is 5.76 Å². The van der Waals surface area contributed by atoms with Gasteiger partial charge >= 0.3 is 0 Å². The molecule has 0 atom stereocenters. The van der Waals surface area contributed by atoms with E-state index in [1.807, 2.05) is 34.9 Å². The SMILES string of the molecule is Cc1cccc(-n2c(SCCCC(=O)NCc3ccco3)nnc2-c2ccco2)c1. The van der Waals surface area contributed by atoms with E-state index < -0.39 is 0 Å². The van der Waals surface area contributed by atoms with Gasteiger partial charge in [-0.15, -0.1) is 10.2 Å². The minimum absolute atomic E-state index is 0.00317. The molecule has 8 heteroatoms. The van der Waals surface area contributed by atoms with Gasteiger partial charge in [-0.3, -0.25) is 9.36 Å². The van der Waals surface area contributed by atoms with Crippen LogP contribution in [0.4, 0.5) is 0 Å². The van der Waals surface area contributed by atoms with Crippen molar-refractivity contribution in [3.63, 3.8) is 0 Å². The molecule has 4 rings (SSSR count). The Hall–Kier alpha value is -3.26. The first-order chi connectivity index (χ1) is 14.7. The Morgan fingerprint density at radius 1 is 1.10 bits per heavy atom. The molecule has 154 valence electrons. The third kappa shape index (κ3) is 4.83. The lowest BCUT2D eigenvalue weighted by Gasteiger charge is -2.10. The van der Waals surface area contributed by atoms with Gasteiger partial charge in [0.2, 0.25) is 11.7 Å². The summed E-state index contributed by atoms with van der Waals surface area (Å²) in [5.41, 5.74) is 2.13. The molecule has 0 aliphatic heterocycles. The van der Waals surface area contributed by atoms with Crippen LogP contribution in [0, 0.1) is 6.92 Å². The van der Waals surface area contributed by atoms with E-state index in [1.54, 1.807) is 30.4 Å². The first kappa shape index (κ1) is 20.0. The molecule has 0 unspecified atom stereocenters. The number of carbonyl (C=O) groups excluding carboxylic acids is 1. The lowest BCUT2D eigenvalue weighted by molar-refractivity contribution is -0.121. The van der Waals surface area contributed by atoms with E-state index in [2.05, 4.69) is 34.6 Å². The number of nitrogens with zero attached hydrogens (tertiary/aromatic N) is 3. The van der Waals surface area contributed by atoms with Crippen LogP contribution in [0.1, 0.15) is 24.2 Å². The van der Waals surface area contributed by atoms with Crippen LogP contribution in [-0.2, 0) is 11.3 Å². The number of carbonyl (C=O) groups is 1. The van der Waals surface area contributed by atoms with Gasteiger partial charge < -0.3 is 14.2 Å². The fraction of sp³-hybridized carbons (Fsp3) is 0.227. The van der Waals surface area contributed by atoms with Crippen LogP contribution >= 0.6 is 11.8 Å². The summed E-state index contributed by atoms with van der Waals surface area (Å²) in [6.45, 7) is 2.46. The van der Waals surface area contributed by atoms with Crippen molar-refractivity contribution < 1.29 is 13.6 Å². The summed E-state index contributed by atoms with van der Waals surface area (Å²) in [4.78, 5) is 12.0. The van der Waals surface area contributed by atoms with Crippen molar-refractivity contribution in [3.05, 3.63) is 72.4 Å². The molecule has 3 heterocycles. The minimum Gasteiger partial charge on any atom is -0.467 e. The second-order valence-electron chi connectivity index (χ2n) is 6.77. The van der Waals surface area contributed by atoms with Crippen LogP contribution in [0.25, 0.3) is 17.3 Å². The number of benzene rings is 1. The van der Waals surface area contributed by atoms with Crippen molar-refractivity contribution in [3.8, 4) is 17.3 Å². The maximum atomic E-state index is 12.0. The maximum Gasteiger partial charge on any atom is 0.220 e. The molecular formula is C22H22N4O3S. The molecule has 1 aromatic carbocycles. The Bertz CT molecular complexity index is 1090. The molecule has 0 saturated heterocycles. The third-order valence-corrected chi connectivity index (χ3v) is 5.47. The second kappa shape index (κ2) is 9.49. The van der Waals surface area contributed by atoms with Crippen molar-refractivity contribution in [2.75, 3.05) is 5.75 Å². The van der Waals surface area contributed by atoms with Crippen LogP contribution in [0.3, 0.4) is 0 Å². The van der Waals surface area contributed by atoms with Crippen LogP contribution in [0.2, 0.25) is 0 Å². The molecule has 1 N–H and O–H groups in total. The van der Waals surface area contributed by atoms with Crippen molar-refractivity contribution >= 4 is 17.7 Å². The van der Waals surface area contributed by atoms with Crippen LogP contribution in [0.5, 0.6) is 0 Å². The number of hydrogen-bond donors (Lipinski definition) is 1. The summed E-state index contributed by atoms with van der Waals surface area (Å²) in [6.07, 6.45) is 4.39. The minimum atomic E-state index is 0.00317. The standard InChI is InChI=1S/C22H22N4O3S/c1-16-6-2-7-17(14-16)26-21(19-9-4-12-29-19)24-25-22(26)30-13-5-10-20(27)23-15-18-8-3-11-28-18/h2-4,6-9,11-12,14H,5,10,13,15H2,1H3,(H,23,27). The fourth-order valence-electron chi connectivity index (χ4n) is 3.01. The van der Waals surface area contributed by atoms with Crippen LogP contribution in [0.15, 0.2) is 75.0 Å². The number of aromatic nitrogens is 3. The fourth-order valence-corrected chi connectivity index (χ4v) is 3.90. The van der Waals surface area contributed by atoms with Gasteiger partial charge in [-0.05, 0) is 55.3 Å². The van der Waals surface area contributed by atoms with E-state index in [4.69, 9.17) is 8.83 Å². The average molecular weight is 423 g/mol. The highest BCUT2D eigenvalue weighted by Gasteiger charge is 2.18. The number of thioether (sulfide) groups is 1. The molecular weight excluding hydrogens is 400 g/mol. The summed E-state index contributed by atoms with van der Waals surface area (Å²) in [6, 6.07) is 15.5. The number of amides is 1. The molecule has 30 heavy (non-hydrogen) atoms. The Kier molecular flexibility index (Phi) is 6.34. The molecule has 4 aromatic rings. The molecule has 0 saturated carbocycles. The zero-order valence-corrected chi connectivity index (χ0v) is 17.4. The smallest absolute Gasteiger partial charge is 0.220 e. The third-order valence-electron chi connectivity index (χ3n) is 4.45. The predicted octanol–water partition coefficient (Wildman–Crippen LogP) is 4.62. The van der Waals surface area contributed by atoms with E-state index in [9.17, 15) is 4.79 Å². The number of aryl methyl sites for hydroxylation is 1. The first-order valence-corrected chi connectivity index (χ1v) is 10.7. The topological polar surface area (TPSA) is 86.1 Å². The quantitative estimate of drug-likeness (QED) is 0.313. The summed E-state index contributed by atoms with van der Waals surface area (Å²) in [7, 11) is 0. The van der Waals surface area contributed by atoms with E-state index in [-0.39, 0.29) is 5.91 Å². The molecule has 3 aromatic heterocycles. The van der Waals surface area contributed by atoms with Gasteiger partial charge in [0.25, 0.3) is 0 Å². The van der Waals surface area contributed by atoms with Gasteiger partial charge in [-0.25, -0.2) is 0 Å². The molecule has 1 amide bonds. The zero-order valence-electron chi connectivity index (χ0n) is 16.6. The summed E-state index contributed by atoms with van der Waals surface area (Å²) in [5, 5.41) is 12.3. The highest BCUT2D eigenvalue weighted by molar-refractivity contribution is 7.99. The summed E-state index contributed by atoms with van der Waals surface area (Å²) >= 11 is 1.57. The van der Waals surface area contributed by atoms with Gasteiger partial charge in [0, 0.05) is 12.2 Å². The molecule has 0 aliphatic carbocycles. The molecule has 0 bridgehead atoms. The van der Waals surface area contributed by atoms with Crippen molar-refractivity contribution in [1.29, 1.82) is 0 Å². The summed E-state index contributed by atoms with van der Waals surface area (Å²) in [5.74, 6) is 2.81. The number of furan rings is 2. The molecule has 0 spiro atoms. The number of rotatable bonds is 9. The molecule has 0 radical (unpaired) electrons. The lowest BCUT2D eigenvalue weighted by atomic mass is 10.2. The highest BCUT2D eigenvalue weighted by atomic mass is 32.2. The average Bonchev–Trinajstić information content (AvgIpc) is 3.51. The van der Waals surface area contributed by atoms with E-state index >= 15 is 0 Å². The predicted molar refractivity (Wildman–Crippen MR) is 114 cm³/mol. The highest BCUT2D eigenvalue weighted by Crippen LogP contribution is 2.29. The lowest BCUT2D eigenvalue weighted by Crippen LogP contribution is -2.22. The van der Waals surface area contributed by atoms with Crippen molar-refractivity contribution in [2.24, 2.45) is 0 Å². The van der Waals surface area contributed by atoms with Crippen molar-refractivity contribution in [2.45, 2.75) is 31.5 Å². The number of nitrogens with one attached hydrogen (secondary N) is 1. The Morgan fingerprint density at radius 2 is 1.97 bits per heavy atom. The van der Waals surface area contributed by atoms with Gasteiger partial charge in [-0.2, -0.15) is 0 Å². The van der Waals surface area contributed by atoms with Crippen LogP contribution < -0.4 is 5.32 Å². The normalized spacial score (nSPS) is 11.0. The van der Waals surface area contributed by atoms with Gasteiger partial charge in [0.05, 0.1) is 24.8 Å². The van der Waals surface area contributed by atoms with E-state index in [1.165, 1.54) is 0 Å². The van der Waals surface area contributed by atoms with E-state index in [0.29, 0.717) is 24.6 Å². The maximum absolute atomic E-state index is 12.0. The zero-order chi connectivity index (χ0) is 20.8.